The summed E-state index contributed by atoms with van der Waals surface area (Å²) in [4.78, 5) is 0. The van der Waals surface area contributed by atoms with E-state index in [0.29, 0.717) is 6.54 Å². The fourth-order valence-corrected chi connectivity index (χ4v) is 3.39. The maximum atomic E-state index is 10.9. The highest BCUT2D eigenvalue weighted by molar-refractivity contribution is 5.37. The molecule has 20 heavy (non-hydrogen) atoms. The van der Waals surface area contributed by atoms with Crippen molar-refractivity contribution in [3.63, 3.8) is 0 Å². The van der Waals surface area contributed by atoms with E-state index in [0.717, 1.165) is 24.1 Å². The maximum Gasteiger partial charge on any atom is 0.0897 e. The van der Waals surface area contributed by atoms with Gasteiger partial charge in [0.15, 0.2) is 0 Å². The van der Waals surface area contributed by atoms with Crippen LogP contribution in [-0.4, -0.2) is 21.4 Å². The highest BCUT2D eigenvalue weighted by atomic mass is 16.3. The number of fused-ring (bicyclic) bond motifs is 1. The van der Waals surface area contributed by atoms with Gasteiger partial charge in [-0.3, -0.25) is 4.68 Å². The Morgan fingerprint density at radius 2 is 1.95 bits per heavy atom. The second-order valence-corrected chi connectivity index (χ2v) is 5.93. The Kier molecular flexibility index (Phi) is 3.15. The van der Waals surface area contributed by atoms with E-state index >= 15 is 0 Å². The number of rotatable bonds is 3. The first-order valence-corrected chi connectivity index (χ1v) is 7.01. The number of nitrogens with two attached hydrogens (primary N) is 1. The van der Waals surface area contributed by atoms with E-state index in [-0.39, 0.29) is 5.41 Å². The molecule has 1 aromatic heterocycles. The third kappa shape index (κ3) is 1.96. The fourth-order valence-electron chi connectivity index (χ4n) is 3.39. The van der Waals surface area contributed by atoms with E-state index in [4.69, 9.17) is 5.73 Å². The van der Waals surface area contributed by atoms with Gasteiger partial charge in [-0.25, -0.2) is 0 Å². The first kappa shape index (κ1) is 13.3. The number of benzene rings is 1. The Morgan fingerprint density at radius 1 is 1.35 bits per heavy atom. The second kappa shape index (κ2) is 4.72. The molecule has 1 atom stereocenters. The van der Waals surface area contributed by atoms with E-state index < -0.39 is 6.10 Å². The first-order chi connectivity index (χ1) is 9.55. The Bertz CT molecular complexity index is 607. The van der Waals surface area contributed by atoms with Crippen molar-refractivity contribution in [2.45, 2.75) is 25.9 Å². The van der Waals surface area contributed by atoms with Gasteiger partial charge in [-0.2, -0.15) is 5.10 Å². The van der Waals surface area contributed by atoms with Crippen LogP contribution in [0.4, 0.5) is 0 Å². The molecule has 0 radical (unpaired) electrons. The standard InChI is InChI=1S/C16H21N3O/c1-11-14(9-19(2)18-11)15(20)16(10-17)7-12-5-3-4-6-13(12)8-16/h3-6,9,15,20H,7-8,10,17H2,1-2H3. The number of aliphatic hydroxyl groups excluding tert-OH is 1. The molecule has 106 valence electrons. The summed E-state index contributed by atoms with van der Waals surface area (Å²) < 4.78 is 1.75. The number of hydrogen-bond donors (Lipinski definition) is 2. The predicted molar refractivity (Wildman–Crippen MR) is 78.2 cm³/mol. The summed E-state index contributed by atoms with van der Waals surface area (Å²) in [6.07, 6.45) is 2.98. The highest BCUT2D eigenvalue weighted by Gasteiger charge is 2.43. The number of aryl methyl sites for hydroxylation is 2. The van der Waals surface area contributed by atoms with Crippen molar-refractivity contribution in [3.8, 4) is 0 Å². The van der Waals surface area contributed by atoms with Crippen LogP contribution in [-0.2, 0) is 19.9 Å². The van der Waals surface area contributed by atoms with Crippen molar-refractivity contribution in [3.05, 3.63) is 52.8 Å². The number of hydrogen-bond acceptors (Lipinski definition) is 3. The van der Waals surface area contributed by atoms with Crippen LogP contribution in [0.15, 0.2) is 30.5 Å². The summed E-state index contributed by atoms with van der Waals surface area (Å²) in [7, 11) is 1.88. The van der Waals surface area contributed by atoms with Crippen molar-refractivity contribution in [1.82, 2.24) is 9.78 Å². The number of nitrogens with zero attached hydrogens (tertiary/aromatic N) is 2. The lowest BCUT2D eigenvalue weighted by Crippen LogP contribution is -2.37. The van der Waals surface area contributed by atoms with E-state index in [1.54, 1.807) is 4.68 Å². The molecular weight excluding hydrogens is 250 g/mol. The van der Waals surface area contributed by atoms with E-state index in [2.05, 4.69) is 17.2 Å². The smallest absolute Gasteiger partial charge is 0.0897 e. The lowest BCUT2D eigenvalue weighted by atomic mass is 9.76. The van der Waals surface area contributed by atoms with Gasteiger partial charge in [-0.15, -0.1) is 0 Å². The van der Waals surface area contributed by atoms with Crippen LogP contribution >= 0.6 is 0 Å². The summed E-state index contributed by atoms with van der Waals surface area (Å²) >= 11 is 0. The zero-order valence-corrected chi connectivity index (χ0v) is 12.0. The van der Waals surface area contributed by atoms with E-state index in [1.807, 2.05) is 32.3 Å². The van der Waals surface area contributed by atoms with Gasteiger partial charge in [0.1, 0.15) is 0 Å². The number of aromatic nitrogens is 2. The zero-order chi connectivity index (χ0) is 14.3. The molecule has 0 amide bonds. The van der Waals surface area contributed by atoms with Crippen LogP contribution in [0, 0.1) is 12.3 Å². The van der Waals surface area contributed by atoms with Crippen LogP contribution in [0.5, 0.6) is 0 Å². The topological polar surface area (TPSA) is 64.1 Å². The molecular formula is C16H21N3O. The minimum Gasteiger partial charge on any atom is -0.388 e. The molecule has 0 fully saturated rings. The molecule has 1 aliphatic rings. The van der Waals surface area contributed by atoms with Gasteiger partial charge in [0.2, 0.25) is 0 Å². The molecule has 1 aromatic carbocycles. The molecule has 0 aliphatic heterocycles. The van der Waals surface area contributed by atoms with E-state index in [9.17, 15) is 5.11 Å². The SMILES string of the molecule is Cc1nn(C)cc1C(O)C1(CN)Cc2ccccc2C1. The molecule has 0 bridgehead atoms. The average Bonchev–Trinajstić information content (AvgIpc) is 2.98. The largest absolute Gasteiger partial charge is 0.388 e. The summed E-state index contributed by atoms with van der Waals surface area (Å²) in [6, 6.07) is 8.37. The Morgan fingerprint density at radius 3 is 2.40 bits per heavy atom. The molecule has 1 aliphatic carbocycles. The zero-order valence-electron chi connectivity index (χ0n) is 12.0. The molecule has 0 saturated carbocycles. The van der Waals surface area contributed by atoms with Crippen LogP contribution in [0.1, 0.15) is 28.5 Å². The van der Waals surface area contributed by atoms with Crippen LogP contribution in [0.3, 0.4) is 0 Å². The van der Waals surface area contributed by atoms with Gasteiger partial charge in [-0.05, 0) is 30.9 Å². The molecule has 2 aromatic rings. The summed E-state index contributed by atoms with van der Waals surface area (Å²) in [5.74, 6) is 0. The minimum atomic E-state index is -0.575. The monoisotopic (exact) mass is 271 g/mol. The third-order valence-corrected chi connectivity index (χ3v) is 4.54. The van der Waals surface area contributed by atoms with Crippen molar-refractivity contribution in [1.29, 1.82) is 0 Å². The molecule has 4 heteroatoms. The Hall–Kier alpha value is -1.65. The molecule has 1 unspecified atom stereocenters. The van der Waals surface area contributed by atoms with Crippen LogP contribution in [0.25, 0.3) is 0 Å². The molecule has 0 spiro atoms. The molecule has 4 nitrogen and oxygen atoms in total. The van der Waals surface area contributed by atoms with Gasteiger partial charge >= 0.3 is 0 Å². The average molecular weight is 271 g/mol. The van der Waals surface area contributed by atoms with Gasteiger partial charge in [0.25, 0.3) is 0 Å². The predicted octanol–water partition coefficient (Wildman–Crippen LogP) is 1.51. The van der Waals surface area contributed by atoms with Crippen LogP contribution in [0.2, 0.25) is 0 Å². The fraction of sp³-hybridized carbons (Fsp3) is 0.438. The molecule has 1 heterocycles. The lowest BCUT2D eigenvalue weighted by Gasteiger charge is -2.33. The highest BCUT2D eigenvalue weighted by Crippen LogP contribution is 2.45. The van der Waals surface area contributed by atoms with Gasteiger partial charge in [0.05, 0.1) is 11.8 Å². The van der Waals surface area contributed by atoms with Gasteiger partial charge < -0.3 is 10.8 Å². The number of aliphatic hydroxyl groups is 1. The summed E-state index contributed by atoms with van der Waals surface area (Å²) in [5, 5.41) is 15.2. The minimum absolute atomic E-state index is 0.308. The Balaban J connectivity index is 1.97. The summed E-state index contributed by atoms with van der Waals surface area (Å²) in [5.41, 5.74) is 10.1. The van der Waals surface area contributed by atoms with Crippen molar-refractivity contribution >= 4 is 0 Å². The Labute approximate surface area is 119 Å². The quantitative estimate of drug-likeness (QED) is 0.889. The van der Waals surface area contributed by atoms with Crippen molar-refractivity contribution in [2.75, 3.05) is 6.54 Å². The molecule has 0 saturated heterocycles. The van der Waals surface area contributed by atoms with Gasteiger partial charge in [-0.1, -0.05) is 24.3 Å². The van der Waals surface area contributed by atoms with Crippen LogP contribution < -0.4 is 5.73 Å². The lowest BCUT2D eigenvalue weighted by molar-refractivity contribution is 0.0353. The maximum absolute atomic E-state index is 10.9. The molecule has 3 N–H and O–H groups in total. The van der Waals surface area contributed by atoms with Crippen molar-refractivity contribution in [2.24, 2.45) is 18.2 Å². The van der Waals surface area contributed by atoms with E-state index in [1.165, 1.54) is 11.1 Å². The van der Waals surface area contributed by atoms with Crippen molar-refractivity contribution < 1.29 is 5.11 Å². The first-order valence-electron chi connectivity index (χ1n) is 7.01. The van der Waals surface area contributed by atoms with Gasteiger partial charge in [0, 0.05) is 30.8 Å². The normalized spacial score (nSPS) is 18.0. The third-order valence-electron chi connectivity index (χ3n) is 4.54. The summed E-state index contributed by atoms with van der Waals surface area (Å²) in [6.45, 7) is 2.40. The molecule has 3 rings (SSSR count). The second-order valence-electron chi connectivity index (χ2n) is 5.93.